The number of rotatable bonds is 2. The number of hydrogen-bond acceptors (Lipinski definition) is 2. The molecule has 2 aromatic heterocycles. The van der Waals surface area contributed by atoms with E-state index in [0.29, 0.717) is 0 Å². The van der Waals surface area contributed by atoms with E-state index >= 15 is 0 Å². The first-order valence-corrected chi connectivity index (χ1v) is 7.05. The number of halogens is 2. The summed E-state index contributed by atoms with van der Waals surface area (Å²) < 4.78 is 2.48. The van der Waals surface area contributed by atoms with Gasteiger partial charge in [0.25, 0.3) is 0 Å². The van der Waals surface area contributed by atoms with Gasteiger partial charge in [0.05, 0.1) is 7.57 Å². The zero-order valence-corrected chi connectivity index (χ0v) is 11.4. The van der Waals surface area contributed by atoms with Crippen LogP contribution < -0.4 is 0 Å². The molecule has 0 bridgehead atoms. The lowest BCUT2D eigenvalue weighted by Gasteiger charge is -1.96. The minimum absolute atomic E-state index is 1.01. The molecule has 68 valence electrons. The molecular weight excluding hydrogens is 332 g/mol. The minimum atomic E-state index is 1.01. The van der Waals surface area contributed by atoms with Gasteiger partial charge in [0.15, 0.2) is 0 Å². The van der Waals surface area contributed by atoms with E-state index in [1.165, 1.54) is 18.7 Å². The van der Waals surface area contributed by atoms with Gasteiger partial charge in [0, 0.05) is 6.42 Å². The van der Waals surface area contributed by atoms with Crippen LogP contribution in [0, 0.1) is 0 Å². The Hall–Kier alpha value is 0.360. The van der Waals surface area contributed by atoms with Crippen LogP contribution in [0.4, 0.5) is 0 Å². The summed E-state index contributed by atoms with van der Waals surface area (Å²) in [6.45, 7) is 0. The van der Waals surface area contributed by atoms with Gasteiger partial charge in [-0.15, -0.1) is 22.7 Å². The fourth-order valence-electron chi connectivity index (χ4n) is 1.10. The van der Waals surface area contributed by atoms with Gasteiger partial charge in [-0.1, -0.05) is 0 Å². The Morgan fingerprint density at radius 1 is 0.923 bits per heavy atom. The van der Waals surface area contributed by atoms with Gasteiger partial charge in [0.1, 0.15) is 0 Å². The van der Waals surface area contributed by atoms with Crippen molar-refractivity contribution in [3.05, 3.63) is 41.6 Å². The highest BCUT2D eigenvalue weighted by molar-refractivity contribution is 9.11. The third-order valence-electron chi connectivity index (χ3n) is 1.77. The molecule has 0 aliphatic heterocycles. The van der Waals surface area contributed by atoms with E-state index in [1.54, 1.807) is 22.7 Å². The van der Waals surface area contributed by atoms with E-state index in [2.05, 4.69) is 54.8 Å². The largest absolute Gasteiger partial charge is 0.137 e. The van der Waals surface area contributed by atoms with Crippen LogP contribution in [0.5, 0.6) is 0 Å². The summed E-state index contributed by atoms with van der Waals surface area (Å²) in [6.07, 6.45) is 1.01. The lowest BCUT2D eigenvalue weighted by atomic mass is 10.1. The van der Waals surface area contributed by atoms with Gasteiger partial charge in [-0.2, -0.15) is 0 Å². The maximum atomic E-state index is 3.54. The second-order valence-corrected chi connectivity index (χ2v) is 7.08. The quantitative estimate of drug-likeness (QED) is 0.729. The SMILES string of the molecule is Brc1sccc1Cc1ccsc1Br. The third kappa shape index (κ3) is 2.24. The Kier molecular flexibility index (Phi) is 3.24. The third-order valence-corrected chi connectivity index (χ3v) is 5.39. The van der Waals surface area contributed by atoms with Gasteiger partial charge >= 0.3 is 0 Å². The lowest BCUT2D eigenvalue weighted by Crippen LogP contribution is -1.83. The summed E-state index contributed by atoms with van der Waals surface area (Å²) in [6, 6.07) is 4.33. The molecule has 0 spiro atoms. The fourth-order valence-corrected chi connectivity index (χ4v) is 3.58. The van der Waals surface area contributed by atoms with Crippen LogP contribution in [0.1, 0.15) is 11.1 Å². The topological polar surface area (TPSA) is 0 Å². The highest BCUT2D eigenvalue weighted by Gasteiger charge is 2.05. The average Bonchev–Trinajstić information content (AvgIpc) is 2.65. The normalized spacial score (nSPS) is 10.6. The van der Waals surface area contributed by atoms with Crippen molar-refractivity contribution in [1.29, 1.82) is 0 Å². The lowest BCUT2D eigenvalue weighted by molar-refractivity contribution is 1.21. The molecule has 13 heavy (non-hydrogen) atoms. The highest BCUT2D eigenvalue weighted by atomic mass is 79.9. The van der Waals surface area contributed by atoms with Crippen molar-refractivity contribution in [3.63, 3.8) is 0 Å². The minimum Gasteiger partial charge on any atom is -0.137 e. The van der Waals surface area contributed by atoms with Gasteiger partial charge in [-0.05, 0) is 65.9 Å². The molecule has 0 radical (unpaired) electrons. The second kappa shape index (κ2) is 4.26. The van der Waals surface area contributed by atoms with Crippen LogP contribution in [0.2, 0.25) is 0 Å². The van der Waals surface area contributed by atoms with Crippen LogP contribution in [0.15, 0.2) is 30.5 Å². The zero-order valence-electron chi connectivity index (χ0n) is 6.59. The molecule has 0 saturated heterocycles. The van der Waals surface area contributed by atoms with E-state index in [4.69, 9.17) is 0 Å². The number of hydrogen-bond donors (Lipinski definition) is 0. The van der Waals surface area contributed by atoms with Gasteiger partial charge in [-0.25, -0.2) is 0 Å². The standard InChI is InChI=1S/C9H6Br2S2/c10-8-6(1-3-12-8)5-7-2-4-13-9(7)11/h1-4H,5H2. The molecule has 0 fully saturated rings. The summed E-state index contributed by atoms with van der Waals surface area (Å²) in [5.41, 5.74) is 2.73. The monoisotopic (exact) mass is 336 g/mol. The van der Waals surface area contributed by atoms with E-state index < -0.39 is 0 Å². The van der Waals surface area contributed by atoms with E-state index in [-0.39, 0.29) is 0 Å². The predicted octanol–water partition coefficient (Wildman–Crippen LogP) is 4.93. The maximum absolute atomic E-state index is 3.54. The molecule has 0 atom stereocenters. The molecule has 4 heteroatoms. The van der Waals surface area contributed by atoms with Crippen molar-refractivity contribution < 1.29 is 0 Å². The van der Waals surface area contributed by atoms with E-state index in [9.17, 15) is 0 Å². The molecule has 0 aliphatic rings. The molecule has 0 saturated carbocycles. The fraction of sp³-hybridized carbons (Fsp3) is 0.111. The Bertz CT molecular complexity index is 365. The highest BCUT2D eigenvalue weighted by Crippen LogP contribution is 2.30. The predicted molar refractivity (Wildman–Crippen MR) is 66.8 cm³/mol. The molecule has 2 rings (SSSR count). The van der Waals surface area contributed by atoms with Gasteiger partial charge in [0.2, 0.25) is 0 Å². The maximum Gasteiger partial charge on any atom is 0.0733 e. The first-order chi connectivity index (χ1) is 6.27. The van der Waals surface area contributed by atoms with Crippen LogP contribution >= 0.6 is 54.5 Å². The van der Waals surface area contributed by atoms with Crippen molar-refractivity contribution in [2.45, 2.75) is 6.42 Å². The van der Waals surface area contributed by atoms with Crippen LogP contribution in [0.3, 0.4) is 0 Å². The van der Waals surface area contributed by atoms with Gasteiger partial charge in [-0.3, -0.25) is 0 Å². The van der Waals surface area contributed by atoms with Crippen LogP contribution in [-0.4, -0.2) is 0 Å². The summed E-state index contributed by atoms with van der Waals surface area (Å²) >= 11 is 10.6. The summed E-state index contributed by atoms with van der Waals surface area (Å²) in [5, 5.41) is 4.22. The molecule has 0 unspecified atom stereocenters. The Morgan fingerprint density at radius 3 is 1.69 bits per heavy atom. The van der Waals surface area contributed by atoms with Crippen molar-refractivity contribution in [2.24, 2.45) is 0 Å². The smallest absolute Gasteiger partial charge is 0.0733 e. The summed E-state index contributed by atoms with van der Waals surface area (Å²) in [7, 11) is 0. The molecule has 0 nitrogen and oxygen atoms in total. The van der Waals surface area contributed by atoms with Gasteiger partial charge < -0.3 is 0 Å². The van der Waals surface area contributed by atoms with Crippen LogP contribution in [-0.2, 0) is 6.42 Å². The zero-order chi connectivity index (χ0) is 9.26. The Labute approximate surface area is 102 Å². The molecule has 0 aromatic carbocycles. The second-order valence-electron chi connectivity index (χ2n) is 2.62. The molecule has 0 amide bonds. The van der Waals surface area contributed by atoms with E-state index in [1.807, 2.05) is 0 Å². The molecule has 0 N–H and O–H groups in total. The number of thiophene rings is 2. The summed E-state index contributed by atoms with van der Waals surface area (Å²) in [4.78, 5) is 0. The molecule has 2 aromatic rings. The van der Waals surface area contributed by atoms with E-state index in [0.717, 1.165) is 6.42 Å². The van der Waals surface area contributed by atoms with Crippen molar-refractivity contribution >= 4 is 54.5 Å². The van der Waals surface area contributed by atoms with Crippen LogP contribution in [0.25, 0.3) is 0 Å². The molecular formula is C9H6Br2S2. The Balaban J connectivity index is 2.24. The van der Waals surface area contributed by atoms with Crippen molar-refractivity contribution in [2.75, 3.05) is 0 Å². The van der Waals surface area contributed by atoms with Crippen molar-refractivity contribution in [1.82, 2.24) is 0 Å². The average molecular weight is 338 g/mol. The van der Waals surface area contributed by atoms with Crippen molar-refractivity contribution in [3.8, 4) is 0 Å². The molecule has 2 heterocycles. The summed E-state index contributed by atoms with van der Waals surface area (Å²) in [5.74, 6) is 0. The molecule has 0 aliphatic carbocycles. The first-order valence-electron chi connectivity index (χ1n) is 3.71. The first kappa shape index (κ1) is 9.90. The Morgan fingerprint density at radius 2 is 1.38 bits per heavy atom.